The number of ether oxygens (including phenoxy) is 1. The molecule has 2 heterocycles. The molecule has 2 aliphatic rings. The fourth-order valence-corrected chi connectivity index (χ4v) is 2.39. The lowest BCUT2D eigenvalue weighted by Crippen LogP contribution is -2.50. The third kappa shape index (κ3) is 8.39. The smallest absolute Gasteiger partial charge is 0.219 e. The molecule has 2 saturated heterocycles. The highest BCUT2D eigenvalue weighted by molar-refractivity contribution is 5.73. The Balaban J connectivity index is 0.000000921. The van der Waals surface area contributed by atoms with Crippen molar-refractivity contribution in [2.75, 3.05) is 65.6 Å². The number of hydrogen-bond donors (Lipinski definition) is 0. The predicted molar refractivity (Wildman–Crippen MR) is 88.6 cm³/mol. The van der Waals surface area contributed by atoms with Crippen molar-refractivity contribution in [2.24, 2.45) is 0 Å². The largest absolute Gasteiger partial charge is 0.379 e. The molecule has 0 N–H and O–H groups in total. The van der Waals surface area contributed by atoms with Gasteiger partial charge >= 0.3 is 0 Å². The third-order valence-electron chi connectivity index (χ3n) is 3.65. The summed E-state index contributed by atoms with van der Waals surface area (Å²) >= 11 is 0. The number of hydrogen-bond acceptors (Lipinski definition) is 4. The molecule has 126 valence electrons. The second-order valence-electron chi connectivity index (χ2n) is 4.80. The van der Waals surface area contributed by atoms with Crippen molar-refractivity contribution in [1.29, 1.82) is 0 Å². The highest BCUT2D eigenvalue weighted by atomic mass is 16.5. The van der Waals surface area contributed by atoms with E-state index in [2.05, 4.69) is 9.80 Å². The molecule has 0 aromatic rings. The lowest BCUT2D eigenvalue weighted by Gasteiger charge is -2.36. The zero-order valence-electron chi connectivity index (χ0n) is 14.7. The summed E-state index contributed by atoms with van der Waals surface area (Å²) < 4.78 is 5.33. The maximum atomic E-state index is 11.2. The van der Waals surface area contributed by atoms with Crippen molar-refractivity contribution in [2.45, 2.75) is 34.6 Å². The summed E-state index contributed by atoms with van der Waals surface area (Å²) in [6, 6.07) is 0. The van der Waals surface area contributed by atoms with E-state index in [0.717, 1.165) is 65.6 Å². The number of rotatable bonds is 3. The van der Waals surface area contributed by atoms with Crippen LogP contribution in [0.15, 0.2) is 0 Å². The number of morpholine rings is 1. The van der Waals surface area contributed by atoms with Crippen LogP contribution >= 0.6 is 0 Å². The van der Waals surface area contributed by atoms with Gasteiger partial charge in [0.15, 0.2) is 0 Å². The van der Waals surface area contributed by atoms with Crippen LogP contribution in [0.3, 0.4) is 0 Å². The Hall–Kier alpha value is -0.650. The Kier molecular flexibility index (Phi) is 12.6. The molecule has 0 unspecified atom stereocenters. The minimum Gasteiger partial charge on any atom is -0.379 e. The van der Waals surface area contributed by atoms with Crippen molar-refractivity contribution >= 4 is 5.91 Å². The average molecular weight is 301 g/mol. The van der Waals surface area contributed by atoms with E-state index in [1.807, 2.05) is 32.6 Å². The molecule has 5 nitrogen and oxygen atoms in total. The topological polar surface area (TPSA) is 36.0 Å². The Morgan fingerprint density at radius 1 is 0.810 bits per heavy atom. The predicted octanol–water partition coefficient (Wildman–Crippen LogP) is 1.54. The van der Waals surface area contributed by atoms with Gasteiger partial charge in [0, 0.05) is 59.3 Å². The highest BCUT2D eigenvalue weighted by Crippen LogP contribution is 2.03. The molecule has 2 fully saturated rings. The van der Waals surface area contributed by atoms with E-state index in [-0.39, 0.29) is 5.91 Å². The first-order valence-electron chi connectivity index (χ1n) is 8.53. The molecule has 21 heavy (non-hydrogen) atoms. The Morgan fingerprint density at radius 2 is 1.24 bits per heavy atom. The van der Waals surface area contributed by atoms with Crippen LogP contribution in [0.4, 0.5) is 0 Å². The van der Waals surface area contributed by atoms with Gasteiger partial charge < -0.3 is 9.64 Å². The Bertz CT molecular complexity index is 248. The third-order valence-corrected chi connectivity index (χ3v) is 3.65. The van der Waals surface area contributed by atoms with E-state index in [0.29, 0.717) is 0 Å². The van der Waals surface area contributed by atoms with Crippen LogP contribution in [0.25, 0.3) is 0 Å². The molecule has 0 saturated carbocycles. The average Bonchev–Trinajstić information content (AvgIpc) is 2.58. The van der Waals surface area contributed by atoms with E-state index in [9.17, 15) is 4.79 Å². The SMILES string of the molecule is CC.CC.CC(=O)N1CCN(CCN2CCOCC2)CC1. The zero-order chi connectivity index (χ0) is 16.1. The number of piperazine rings is 1. The Morgan fingerprint density at radius 3 is 1.67 bits per heavy atom. The molecule has 2 aliphatic heterocycles. The van der Waals surface area contributed by atoms with Gasteiger partial charge in [0.05, 0.1) is 13.2 Å². The normalized spacial score (nSPS) is 20.0. The van der Waals surface area contributed by atoms with Gasteiger partial charge in [0.25, 0.3) is 0 Å². The van der Waals surface area contributed by atoms with Crippen molar-refractivity contribution in [3.8, 4) is 0 Å². The summed E-state index contributed by atoms with van der Waals surface area (Å²) in [4.78, 5) is 18.0. The van der Waals surface area contributed by atoms with Crippen LogP contribution in [-0.4, -0.2) is 86.2 Å². The molecule has 0 spiro atoms. The molecule has 0 aromatic carbocycles. The van der Waals surface area contributed by atoms with Crippen molar-refractivity contribution in [3.05, 3.63) is 0 Å². The molecule has 5 heteroatoms. The van der Waals surface area contributed by atoms with Crippen LogP contribution in [0.2, 0.25) is 0 Å². The van der Waals surface area contributed by atoms with Crippen molar-refractivity contribution < 1.29 is 9.53 Å². The van der Waals surface area contributed by atoms with E-state index in [1.54, 1.807) is 6.92 Å². The van der Waals surface area contributed by atoms with Gasteiger partial charge in [-0.05, 0) is 0 Å². The molecule has 0 bridgehead atoms. The van der Waals surface area contributed by atoms with Crippen LogP contribution < -0.4 is 0 Å². The molecule has 2 rings (SSSR count). The number of carbonyl (C=O) groups is 1. The highest BCUT2D eigenvalue weighted by Gasteiger charge is 2.19. The molecule has 0 aromatic heterocycles. The zero-order valence-corrected chi connectivity index (χ0v) is 14.7. The fraction of sp³-hybridized carbons (Fsp3) is 0.938. The van der Waals surface area contributed by atoms with E-state index in [1.165, 1.54) is 0 Å². The first-order valence-corrected chi connectivity index (χ1v) is 8.53. The van der Waals surface area contributed by atoms with Crippen LogP contribution in [0.5, 0.6) is 0 Å². The second kappa shape index (κ2) is 13.0. The lowest BCUT2D eigenvalue weighted by molar-refractivity contribution is -0.130. The van der Waals surface area contributed by atoms with Gasteiger partial charge in [-0.1, -0.05) is 27.7 Å². The summed E-state index contributed by atoms with van der Waals surface area (Å²) in [5.41, 5.74) is 0. The molecule has 1 amide bonds. The summed E-state index contributed by atoms with van der Waals surface area (Å²) in [6.45, 7) is 19.6. The van der Waals surface area contributed by atoms with E-state index < -0.39 is 0 Å². The van der Waals surface area contributed by atoms with Crippen molar-refractivity contribution in [1.82, 2.24) is 14.7 Å². The van der Waals surface area contributed by atoms with Gasteiger partial charge in [-0.15, -0.1) is 0 Å². The van der Waals surface area contributed by atoms with Gasteiger partial charge in [-0.25, -0.2) is 0 Å². The van der Waals surface area contributed by atoms with Gasteiger partial charge in [-0.3, -0.25) is 14.6 Å². The summed E-state index contributed by atoms with van der Waals surface area (Å²) in [5, 5.41) is 0. The summed E-state index contributed by atoms with van der Waals surface area (Å²) in [5.74, 6) is 0.206. The van der Waals surface area contributed by atoms with Gasteiger partial charge in [0.2, 0.25) is 5.91 Å². The number of nitrogens with zero attached hydrogens (tertiary/aromatic N) is 3. The molecule has 0 atom stereocenters. The first kappa shape index (κ1) is 20.3. The lowest BCUT2D eigenvalue weighted by atomic mass is 10.3. The standard InChI is InChI=1S/C12H23N3O2.2C2H6/c1-12(16)15-6-4-13(5-7-15)2-3-14-8-10-17-11-9-14;2*1-2/h2-11H2,1H3;2*1-2H3. The summed E-state index contributed by atoms with van der Waals surface area (Å²) in [7, 11) is 0. The van der Waals surface area contributed by atoms with Crippen LogP contribution in [0.1, 0.15) is 34.6 Å². The minimum atomic E-state index is 0.206. The molecular weight excluding hydrogens is 266 g/mol. The number of carbonyl (C=O) groups excluding carboxylic acids is 1. The maximum Gasteiger partial charge on any atom is 0.219 e. The van der Waals surface area contributed by atoms with Gasteiger partial charge in [0.1, 0.15) is 0 Å². The van der Waals surface area contributed by atoms with Gasteiger partial charge in [-0.2, -0.15) is 0 Å². The quantitative estimate of drug-likeness (QED) is 0.792. The first-order chi connectivity index (χ1) is 10.3. The Labute approximate surface area is 131 Å². The van der Waals surface area contributed by atoms with E-state index in [4.69, 9.17) is 4.74 Å². The maximum absolute atomic E-state index is 11.2. The minimum absolute atomic E-state index is 0.206. The second-order valence-corrected chi connectivity index (χ2v) is 4.80. The molecule has 0 aliphatic carbocycles. The number of amides is 1. The summed E-state index contributed by atoms with van der Waals surface area (Å²) in [6.07, 6.45) is 0. The van der Waals surface area contributed by atoms with Crippen molar-refractivity contribution in [3.63, 3.8) is 0 Å². The van der Waals surface area contributed by atoms with Crippen LogP contribution in [0, 0.1) is 0 Å². The van der Waals surface area contributed by atoms with E-state index >= 15 is 0 Å². The molecular formula is C16H35N3O2. The fourth-order valence-electron chi connectivity index (χ4n) is 2.39. The monoisotopic (exact) mass is 301 g/mol. The van der Waals surface area contributed by atoms with Crippen LogP contribution in [-0.2, 0) is 9.53 Å². The molecule has 0 radical (unpaired) electrons.